The number of carbonyl (C=O) groups is 3. The van der Waals surface area contributed by atoms with Crippen LogP contribution in [0.4, 0.5) is 10.5 Å². The van der Waals surface area contributed by atoms with Crippen LogP contribution >= 0.6 is 0 Å². The van der Waals surface area contributed by atoms with Gasteiger partial charge in [-0.3, -0.25) is 9.59 Å². The number of aryl methyl sites for hydroxylation is 1. The molecule has 0 aliphatic carbocycles. The van der Waals surface area contributed by atoms with E-state index in [9.17, 15) is 14.4 Å². The average Bonchev–Trinajstić information content (AvgIpc) is 2.94. The van der Waals surface area contributed by atoms with Crippen molar-refractivity contribution < 1.29 is 14.4 Å². The number of anilines is 1. The second-order valence-corrected chi connectivity index (χ2v) is 6.23. The van der Waals surface area contributed by atoms with Gasteiger partial charge >= 0.3 is 6.03 Å². The van der Waals surface area contributed by atoms with Crippen LogP contribution in [0.15, 0.2) is 36.9 Å². The molecule has 2 fully saturated rings. The summed E-state index contributed by atoms with van der Waals surface area (Å²) in [5.74, 6) is -0.163. The summed E-state index contributed by atoms with van der Waals surface area (Å²) >= 11 is 0. The third kappa shape index (κ3) is 3.40. The summed E-state index contributed by atoms with van der Waals surface area (Å²) in [5.41, 5.74) is 1.47. The maximum absolute atomic E-state index is 12.2. The van der Waals surface area contributed by atoms with Gasteiger partial charge in [0.25, 0.3) is 0 Å². The summed E-state index contributed by atoms with van der Waals surface area (Å²) in [6.45, 7) is 5.11. The first-order chi connectivity index (χ1) is 11.5. The average molecular weight is 328 g/mol. The number of nitrogens with zero attached hydrogens (tertiary/aromatic N) is 1. The Hall–Kier alpha value is -2.83. The molecule has 3 rings (SSSR count). The Labute approximate surface area is 140 Å². The second-order valence-electron chi connectivity index (χ2n) is 6.23. The van der Waals surface area contributed by atoms with Gasteiger partial charge in [-0.25, -0.2) is 4.79 Å². The van der Waals surface area contributed by atoms with Crippen molar-refractivity contribution in [3.63, 3.8) is 0 Å². The van der Waals surface area contributed by atoms with Crippen LogP contribution in [-0.2, 0) is 16.0 Å². The summed E-state index contributed by atoms with van der Waals surface area (Å²) in [6, 6.07) is 7.24. The molecule has 1 spiro atoms. The van der Waals surface area contributed by atoms with Gasteiger partial charge in [-0.05, 0) is 30.2 Å². The molecule has 0 atom stereocenters. The van der Waals surface area contributed by atoms with E-state index in [-0.39, 0.29) is 23.4 Å². The first kappa shape index (κ1) is 16.0. The Kier molecular flexibility index (Phi) is 4.24. The number of carbonyl (C=O) groups excluding carboxylic acids is 3. The van der Waals surface area contributed by atoms with Crippen molar-refractivity contribution in [1.29, 1.82) is 0 Å². The summed E-state index contributed by atoms with van der Waals surface area (Å²) in [5, 5.41) is 8.27. The van der Waals surface area contributed by atoms with Crippen LogP contribution in [0.1, 0.15) is 12.0 Å². The third-order valence-corrected chi connectivity index (χ3v) is 4.34. The van der Waals surface area contributed by atoms with Crippen molar-refractivity contribution in [2.45, 2.75) is 18.4 Å². The smallest absolute Gasteiger partial charge is 0.315 e. The summed E-state index contributed by atoms with van der Waals surface area (Å²) in [7, 11) is 0. The van der Waals surface area contributed by atoms with Gasteiger partial charge in [-0.1, -0.05) is 18.7 Å². The monoisotopic (exact) mass is 328 g/mol. The molecule has 0 saturated carbocycles. The lowest BCUT2D eigenvalue weighted by atomic mass is 9.90. The first-order valence-electron chi connectivity index (χ1n) is 7.86. The van der Waals surface area contributed by atoms with Crippen LogP contribution in [-0.4, -0.2) is 47.9 Å². The molecule has 1 aromatic rings. The van der Waals surface area contributed by atoms with E-state index in [0.717, 1.165) is 5.56 Å². The molecule has 0 aromatic heterocycles. The lowest BCUT2D eigenvalue weighted by molar-refractivity contribution is -0.138. The normalized spacial score (nSPS) is 17.7. The Bertz CT molecular complexity index is 678. The largest absolute Gasteiger partial charge is 0.338 e. The van der Waals surface area contributed by atoms with Crippen molar-refractivity contribution in [3.8, 4) is 0 Å². The molecule has 0 radical (unpaired) electrons. The van der Waals surface area contributed by atoms with Gasteiger partial charge in [0.15, 0.2) is 0 Å². The molecule has 24 heavy (non-hydrogen) atoms. The van der Waals surface area contributed by atoms with Gasteiger partial charge < -0.3 is 20.9 Å². The van der Waals surface area contributed by atoms with Gasteiger partial charge in [0.2, 0.25) is 11.8 Å². The van der Waals surface area contributed by atoms with Crippen molar-refractivity contribution in [1.82, 2.24) is 15.5 Å². The molecule has 2 saturated heterocycles. The molecule has 0 unspecified atom stereocenters. The molecule has 7 nitrogen and oxygen atoms in total. The zero-order valence-electron chi connectivity index (χ0n) is 13.3. The molecular formula is C17H20N4O3. The number of hydrogen-bond acceptors (Lipinski definition) is 3. The van der Waals surface area contributed by atoms with E-state index in [0.29, 0.717) is 38.2 Å². The number of urea groups is 1. The Balaban J connectivity index is 1.44. The first-order valence-corrected chi connectivity index (χ1v) is 7.86. The number of amides is 4. The number of rotatable bonds is 5. The van der Waals surface area contributed by atoms with Crippen LogP contribution in [0.3, 0.4) is 0 Å². The highest BCUT2D eigenvalue weighted by Gasteiger charge is 2.49. The highest BCUT2D eigenvalue weighted by molar-refractivity contribution is 5.98. The van der Waals surface area contributed by atoms with Crippen molar-refractivity contribution >= 4 is 23.5 Å². The van der Waals surface area contributed by atoms with E-state index in [1.54, 1.807) is 17.0 Å². The lowest BCUT2D eigenvalue weighted by Gasteiger charge is -2.47. The maximum atomic E-state index is 12.2. The molecule has 3 N–H and O–H groups in total. The minimum atomic E-state index is -0.266. The highest BCUT2D eigenvalue weighted by atomic mass is 16.2. The molecule has 2 heterocycles. The number of benzene rings is 1. The second kappa shape index (κ2) is 6.35. The fourth-order valence-corrected chi connectivity index (χ4v) is 2.99. The van der Waals surface area contributed by atoms with E-state index < -0.39 is 0 Å². The topological polar surface area (TPSA) is 90.5 Å². The van der Waals surface area contributed by atoms with Crippen LogP contribution in [0.2, 0.25) is 0 Å². The summed E-state index contributed by atoms with van der Waals surface area (Å²) < 4.78 is 0. The molecule has 1 aromatic carbocycles. The van der Waals surface area contributed by atoms with Gasteiger partial charge in [-0.2, -0.15) is 0 Å². The minimum Gasteiger partial charge on any atom is -0.338 e. The molecular weight excluding hydrogens is 308 g/mol. The fourth-order valence-electron chi connectivity index (χ4n) is 2.99. The number of likely N-dealkylation sites (tertiary alicyclic amines) is 1. The molecule has 4 amide bonds. The van der Waals surface area contributed by atoms with Crippen LogP contribution in [0.25, 0.3) is 0 Å². The standard InChI is InChI=1S/C17H20N4O3/c1-2-14(22)19-13-6-3-12(4-7-13)5-8-15(23)21-10-17(11-21)9-18-16(24)20-17/h2-4,6-7H,1,5,8-11H2,(H,19,22)(H2,18,20,24). The molecule has 7 heteroatoms. The zero-order valence-corrected chi connectivity index (χ0v) is 13.3. The summed E-state index contributed by atoms with van der Waals surface area (Å²) in [6.07, 6.45) is 2.28. The third-order valence-electron chi connectivity index (χ3n) is 4.34. The molecule has 126 valence electrons. The van der Waals surface area contributed by atoms with Gasteiger partial charge in [0.05, 0.1) is 5.54 Å². The Morgan fingerprint density at radius 1 is 1.29 bits per heavy atom. The van der Waals surface area contributed by atoms with Crippen molar-refractivity contribution in [2.75, 3.05) is 25.0 Å². The fraction of sp³-hybridized carbons (Fsp3) is 0.353. The molecule has 2 aliphatic heterocycles. The number of nitrogens with one attached hydrogen (secondary N) is 3. The lowest BCUT2D eigenvalue weighted by Crippen LogP contribution is -2.70. The zero-order chi connectivity index (χ0) is 17.2. The quantitative estimate of drug-likeness (QED) is 0.693. The van der Waals surface area contributed by atoms with E-state index >= 15 is 0 Å². The van der Waals surface area contributed by atoms with Crippen LogP contribution < -0.4 is 16.0 Å². The predicted molar refractivity (Wildman–Crippen MR) is 89.4 cm³/mol. The van der Waals surface area contributed by atoms with Gasteiger partial charge in [-0.15, -0.1) is 0 Å². The maximum Gasteiger partial charge on any atom is 0.315 e. The summed E-state index contributed by atoms with van der Waals surface area (Å²) in [4.78, 5) is 36.4. The molecule has 0 bridgehead atoms. The van der Waals surface area contributed by atoms with E-state index in [4.69, 9.17) is 0 Å². The van der Waals surface area contributed by atoms with E-state index in [2.05, 4.69) is 22.5 Å². The van der Waals surface area contributed by atoms with E-state index in [1.165, 1.54) is 6.08 Å². The van der Waals surface area contributed by atoms with Crippen molar-refractivity contribution in [3.05, 3.63) is 42.5 Å². The molecule has 2 aliphatic rings. The van der Waals surface area contributed by atoms with Crippen LogP contribution in [0, 0.1) is 0 Å². The van der Waals surface area contributed by atoms with Crippen molar-refractivity contribution in [2.24, 2.45) is 0 Å². The van der Waals surface area contributed by atoms with Crippen LogP contribution in [0.5, 0.6) is 0 Å². The SMILES string of the molecule is C=CC(=O)Nc1ccc(CCC(=O)N2CC3(CNC(=O)N3)C2)cc1. The van der Waals surface area contributed by atoms with Gasteiger partial charge in [0.1, 0.15) is 0 Å². The minimum absolute atomic E-state index is 0.0887. The number of hydrogen-bond donors (Lipinski definition) is 3. The Morgan fingerprint density at radius 3 is 2.58 bits per heavy atom. The predicted octanol–water partition coefficient (Wildman–Crippen LogP) is 0.638. The highest BCUT2D eigenvalue weighted by Crippen LogP contribution is 2.24. The van der Waals surface area contributed by atoms with E-state index in [1.807, 2.05) is 12.1 Å². The van der Waals surface area contributed by atoms with Gasteiger partial charge in [0, 0.05) is 31.7 Å². The Morgan fingerprint density at radius 2 is 2.00 bits per heavy atom.